The minimum absolute atomic E-state index is 0.226. The SMILES string of the molecule is O=C(N/C=C/NC(=O)c1ccccc1)c1ccccc1. The van der Waals surface area contributed by atoms with Crippen molar-refractivity contribution in [3.8, 4) is 0 Å². The lowest BCUT2D eigenvalue weighted by Crippen LogP contribution is -2.21. The fourth-order valence-electron chi connectivity index (χ4n) is 1.58. The molecule has 0 aromatic heterocycles. The second-order valence-electron chi connectivity index (χ2n) is 4.01. The van der Waals surface area contributed by atoms with Crippen molar-refractivity contribution in [2.75, 3.05) is 0 Å². The summed E-state index contributed by atoms with van der Waals surface area (Å²) in [7, 11) is 0. The maximum absolute atomic E-state index is 11.7. The van der Waals surface area contributed by atoms with E-state index in [2.05, 4.69) is 10.6 Å². The van der Waals surface area contributed by atoms with Gasteiger partial charge in [0.15, 0.2) is 0 Å². The molecule has 2 aromatic carbocycles. The van der Waals surface area contributed by atoms with Crippen LogP contribution in [0.1, 0.15) is 20.7 Å². The second-order valence-corrected chi connectivity index (χ2v) is 4.01. The molecule has 2 amide bonds. The summed E-state index contributed by atoms with van der Waals surface area (Å²) in [6.45, 7) is 0. The van der Waals surface area contributed by atoms with Gasteiger partial charge in [0.2, 0.25) is 0 Å². The van der Waals surface area contributed by atoms with Gasteiger partial charge in [-0.15, -0.1) is 0 Å². The van der Waals surface area contributed by atoms with E-state index in [-0.39, 0.29) is 11.8 Å². The molecule has 2 N–H and O–H groups in total. The largest absolute Gasteiger partial charge is 0.327 e. The second kappa shape index (κ2) is 6.89. The molecule has 0 unspecified atom stereocenters. The van der Waals surface area contributed by atoms with Crippen molar-refractivity contribution in [3.63, 3.8) is 0 Å². The molecule has 4 nitrogen and oxygen atoms in total. The summed E-state index contributed by atoms with van der Waals surface area (Å²) in [6, 6.07) is 17.7. The molecule has 0 saturated heterocycles. The van der Waals surface area contributed by atoms with E-state index in [1.807, 2.05) is 12.1 Å². The molecule has 0 atom stereocenters. The van der Waals surface area contributed by atoms with Crippen molar-refractivity contribution in [1.29, 1.82) is 0 Å². The van der Waals surface area contributed by atoms with Crippen LogP contribution < -0.4 is 10.6 Å². The maximum Gasteiger partial charge on any atom is 0.255 e. The van der Waals surface area contributed by atoms with Crippen LogP contribution in [0.5, 0.6) is 0 Å². The lowest BCUT2D eigenvalue weighted by atomic mass is 10.2. The van der Waals surface area contributed by atoms with Crippen LogP contribution in [-0.2, 0) is 0 Å². The van der Waals surface area contributed by atoms with Crippen molar-refractivity contribution in [2.45, 2.75) is 0 Å². The van der Waals surface area contributed by atoms with Crippen LogP contribution in [0.3, 0.4) is 0 Å². The van der Waals surface area contributed by atoms with Crippen molar-refractivity contribution in [1.82, 2.24) is 10.6 Å². The van der Waals surface area contributed by atoms with Gasteiger partial charge < -0.3 is 10.6 Å². The summed E-state index contributed by atoms with van der Waals surface area (Å²) in [5.74, 6) is -0.452. The first kappa shape index (κ1) is 13.5. The van der Waals surface area contributed by atoms with Crippen LogP contribution in [0.15, 0.2) is 73.1 Å². The highest BCUT2D eigenvalue weighted by molar-refractivity contribution is 5.95. The molecule has 0 aliphatic heterocycles. The first-order chi connectivity index (χ1) is 9.77. The Morgan fingerprint density at radius 1 is 0.650 bits per heavy atom. The first-order valence-corrected chi connectivity index (χ1v) is 6.14. The van der Waals surface area contributed by atoms with Gasteiger partial charge in [-0.3, -0.25) is 9.59 Å². The number of carbonyl (C=O) groups is 2. The third-order valence-electron chi connectivity index (χ3n) is 2.58. The smallest absolute Gasteiger partial charge is 0.255 e. The summed E-state index contributed by atoms with van der Waals surface area (Å²) in [6.07, 6.45) is 2.80. The molecule has 0 heterocycles. The van der Waals surface area contributed by atoms with Gasteiger partial charge >= 0.3 is 0 Å². The number of rotatable bonds is 4. The van der Waals surface area contributed by atoms with Gasteiger partial charge in [0.1, 0.15) is 0 Å². The number of benzene rings is 2. The number of hydrogen-bond donors (Lipinski definition) is 2. The van der Waals surface area contributed by atoms with Gasteiger partial charge in [0, 0.05) is 23.5 Å². The third kappa shape index (κ3) is 3.81. The zero-order valence-corrected chi connectivity index (χ0v) is 10.7. The van der Waals surface area contributed by atoms with Gasteiger partial charge in [-0.05, 0) is 24.3 Å². The molecule has 2 rings (SSSR count). The van der Waals surface area contributed by atoms with Gasteiger partial charge in [-0.2, -0.15) is 0 Å². The van der Waals surface area contributed by atoms with Gasteiger partial charge in [0.25, 0.3) is 11.8 Å². The molecule has 0 saturated carbocycles. The molecule has 2 aromatic rings. The Kier molecular flexibility index (Phi) is 4.67. The Bertz CT molecular complexity index is 551. The average Bonchev–Trinajstić information content (AvgIpc) is 2.53. The molecule has 0 fully saturated rings. The highest BCUT2D eigenvalue weighted by Crippen LogP contribution is 1.98. The van der Waals surface area contributed by atoms with E-state index in [4.69, 9.17) is 0 Å². The number of hydrogen-bond acceptors (Lipinski definition) is 2. The van der Waals surface area contributed by atoms with Crippen LogP contribution in [0.2, 0.25) is 0 Å². The van der Waals surface area contributed by atoms with Crippen LogP contribution in [0.25, 0.3) is 0 Å². The fraction of sp³-hybridized carbons (Fsp3) is 0. The molecular formula is C16H14N2O2. The van der Waals surface area contributed by atoms with Crippen molar-refractivity contribution in [2.24, 2.45) is 0 Å². The van der Waals surface area contributed by atoms with E-state index in [0.29, 0.717) is 11.1 Å². The van der Waals surface area contributed by atoms with E-state index in [1.165, 1.54) is 12.4 Å². The highest BCUT2D eigenvalue weighted by atomic mass is 16.2. The lowest BCUT2D eigenvalue weighted by Gasteiger charge is -2.01. The number of nitrogens with one attached hydrogen (secondary N) is 2. The van der Waals surface area contributed by atoms with Crippen molar-refractivity contribution < 1.29 is 9.59 Å². The van der Waals surface area contributed by atoms with Gasteiger partial charge in [0.05, 0.1) is 0 Å². The zero-order valence-electron chi connectivity index (χ0n) is 10.7. The van der Waals surface area contributed by atoms with Crippen LogP contribution in [0.4, 0.5) is 0 Å². The van der Waals surface area contributed by atoms with Gasteiger partial charge in [-0.1, -0.05) is 36.4 Å². The minimum Gasteiger partial charge on any atom is -0.327 e. The molecular weight excluding hydrogens is 252 g/mol. The summed E-state index contributed by atoms with van der Waals surface area (Å²) in [4.78, 5) is 23.4. The highest BCUT2D eigenvalue weighted by Gasteiger charge is 2.02. The summed E-state index contributed by atoms with van der Waals surface area (Å²) < 4.78 is 0. The normalized spacial score (nSPS) is 10.2. The van der Waals surface area contributed by atoms with E-state index in [0.717, 1.165) is 0 Å². The quantitative estimate of drug-likeness (QED) is 0.892. The Hall–Kier alpha value is -2.88. The first-order valence-electron chi connectivity index (χ1n) is 6.14. The summed E-state index contributed by atoms with van der Waals surface area (Å²) in [5.41, 5.74) is 1.12. The number of carbonyl (C=O) groups excluding carboxylic acids is 2. The molecule has 0 spiro atoms. The zero-order chi connectivity index (χ0) is 14.2. The van der Waals surface area contributed by atoms with E-state index in [9.17, 15) is 9.59 Å². The minimum atomic E-state index is -0.226. The number of amides is 2. The maximum atomic E-state index is 11.7. The Balaban J connectivity index is 1.83. The standard InChI is InChI=1S/C16H14N2O2/c19-15(13-7-3-1-4-8-13)17-11-12-18-16(20)14-9-5-2-6-10-14/h1-12H,(H,17,19)(H,18,20)/b12-11+. The predicted molar refractivity (Wildman–Crippen MR) is 77.0 cm³/mol. The molecule has 0 radical (unpaired) electrons. The monoisotopic (exact) mass is 266 g/mol. The van der Waals surface area contributed by atoms with Gasteiger partial charge in [-0.25, -0.2) is 0 Å². The van der Waals surface area contributed by atoms with E-state index in [1.54, 1.807) is 48.5 Å². The third-order valence-corrected chi connectivity index (χ3v) is 2.58. The Morgan fingerprint density at radius 2 is 1.00 bits per heavy atom. The van der Waals surface area contributed by atoms with Crippen molar-refractivity contribution in [3.05, 3.63) is 84.2 Å². The van der Waals surface area contributed by atoms with Crippen LogP contribution >= 0.6 is 0 Å². The molecule has 0 aliphatic rings. The molecule has 0 bridgehead atoms. The molecule has 0 aliphatic carbocycles. The average molecular weight is 266 g/mol. The molecule has 100 valence electrons. The lowest BCUT2D eigenvalue weighted by molar-refractivity contribution is 0.0956. The Morgan fingerprint density at radius 3 is 1.35 bits per heavy atom. The summed E-state index contributed by atoms with van der Waals surface area (Å²) >= 11 is 0. The van der Waals surface area contributed by atoms with Crippen LogP contribution in [-0.4, -0.2) is 11.8 Å². The summed E-state index contributed by atoms with van der Waals surface area (Å²) in [5, 5.41) is 5.14. The van der Waals surface area contributed by atoms with E-state index < -0.39 is 0 Å². The molecule has 20 heavy (non-hydrogen) atoms. The Labute approximate surface area is 117 Å². The topological polar surface area (TPSA) is 58.2 Å². The predicted octanol–water partition coefficient (Wildman–Crippen LogP) is 2.32. The fourth-order valence-corrected chi connectivity index (χ4v) is 1.58. The van der Waals surface area contributed by atoms with E-state index >= 15 is 0 Å². The molecule has 4 heteroatoms. The van der Waals surface area contributed by atoms with Crippen molar-refractivity contribution >= 4 is 11.8 Å². The van der Waals surface area contributed by atoms with Crippen LogP contribution in [0, 0.1) is 0 Å².